The predicted octanol–water partition coefficient (Wildman–Crippen LogP) is 3.53. The maximum absolute atomic E-state index is 12.0. The summed E-state index contributed by atoms with van der Waals surface area (Å²) in [6, 6.07) is 8.92. The van der Waals surface area contributed by atoms with Crippen molar-refractivity contribution in [2.24, 2.45) is 0 Å². The van der Waals surface area contributed by atoms with Crippen LogP contribution in [0.2, 0.25) is 10.0 Å². The van der Waals surface area contributed by atoms with E-state index in [1.165, 1.54) is 24.3 Å². The van der Waals surface area contributed by atoms with Crippen molar-refractivity contribution in [2.45, 2.75) is 0 Å². The first kappa shape index (κ1) is 13.5. The number of anilines is 2. The molecule has 4 nitrogen and oxygen atoms in total. The van der Waals surface area contributed by atoms with E-state index in [0.717, 1.165) is 0 Å². The molecule has 0 saturated heterocycles. The number of benzene rings is 2. The van der Waals surface area contributed by atoms with Gasteiger partial charge in [-0.3, -0.25) is 4.79 Å². The highest BCUT2D eigenvalue weighted by atomic mass is 35.5. The van der Waals surface area contributed by atoms with Crippen LogP contribution in [0.5, 0.6) is 5.75 Å². The molecule has 0 aliphatic heterocycles. The SMILES string of the molecule is Nc1cc(Cl)ccc1NC(=O)c1cc(Cl)ccc1O. The number of rotatable bonds is 2. The van der Waals surface area contributed by atoms with Gasteiger partial charge in [0.05, 0.1) is 16.9 Å². The second-order valence-corrected chi connectivity index (χ2v) is 4.72. The second-order valence-electron chi connectivity index (χ2n) is 3.85. The number of carbonyl (C=O) groups excluding carboxylic acids is 1. The molecular weight excluding hydrogens is 287 g/mol. The summed E-state index contributed by atoms with van der Waals surface area (Å²) < 4.78 is 0. The van der Waals surface area contributed by atoms with Gasteiger partial charge in [-0.15, -0.1) is 0 Å². The first-order valence-corrected chi connectivity index (χ1v) is 6.08. The molecule has 19 heavy (non-hydrogen) atoms. The van der Waals surface area contributed by atoms with Crippen LogP contribution in [-0.2, 0) is 0 Å². The van der Waals surface area contributed by atoms with Crippen LogP contribution in [0.1, 0.15) is 10.4 Å². The Kier molecular flexibility index (Phi) is 3.83. The number of amides is 1. The number of hydrogen-bond acceptors (Lipinski definition) is 3. The van der Waals surface area contributed by atoms with Gasteiger partial charge in [0.2, 0.25) is 0 Å². The fourth-order valence-corrected chi connectivity index (χ4v) is 1.88. The number of phenols is 1. The number of nitrogens with two attached hydrogens (primary N) is 1. The average Bonchev–Trinajstić information content (AvgIpc) is 2.35. The van der Waals surface area contributed by atoms with Crippen LogP contribution in [0, 0.1) is 0 Å². The van der Waals surface area contributed by atoms with Crippen molar-refractivity contribution in [2.75, 3.05) is 11.1 Å². The maximum Gasteiger partial charge on any atom is 0.259 e. The molecule has 2 aromatic carbocycles. The molecule has 0 heterocycles. The summed E-state index contributed by atoms with van der Waals surface area (Å²) in [6.07, 6.45) is 0. The second kappa shape index (κ2) is 5.38. The highest BCUT2D eigenvalue weighted by Gasteiger charge is 2.13. The molecular formula is C13H10Cl2N2O2. The lowest BCUT2D eigenvalue weighted by Crippen LogP contribution is -2.13. The smallest absolute Gasteiger partial charge is 0.259 e. The van der Waals surface area contributed by atoms with E-state index in [1.807, 2.05) is 0 Å². The molecule has 0 aliphatic rings. The number of nitrogens with one attached hydrogen (secondary N) is 1. The van der Waals surface area contributed by atoms with Crippen molar-refractivity contribution in [1.29, 1.82) is 0 Å². The van der Waals surface area contributed by atoms with E-state index in [1.54, 1.807) is 12.1 Å². The van der Waals surface area contributed by atoms with Crippen LogP contribution >= 0.6 is 23.2 Å². The van der Waals surface area contributed by atoms with Crippen molar-refractivity contribution >= 4 is 40.5 Å². The van der Waals surface area contributed by atoms with Gasteiger partial charge in [0.25, 0.3) is 5.91 Å². The molecule has 0 radical (unpaired) electrons. The van der Waals surface area contributed by atoms with E-state index in [4.69, 9.17) is 28.9 Å². The summed E-state index contributed by atoms with van der Waals surface area (Å²) in [6.45, 7) is 0. The number of halogens is 2. The van der Waals surface area contributed by atoms with Gasteiger partial charge in [-0.1, -0.05) is 23.2 Å². The van der Waals surface area contributed by atoms with E-state index in [-0.39, 0.29) is 11.3 Å². The van der Waals surface area contributed by atoms with Crippen LogP contribution < -0.4 is 11.1 Å². The monoisotopic (exact) mass is 296 g/mol. The molecule has 98 valence electrons. The Labute approximate surface area is 119 Å². The Balaban J connectivity index is 2.28. The molecule has 0 spiro atoms. The maximum atomic E-state index is 12.0. The van der Waals surface area contributed by atoms with Gasteiger partial charge in [0.1, 0.15) is 5.75 Å². The number of hydrogen-bond donors (Lipinski definition) is 3. The fraction of sp³-hybridized carbons (Fsp3) is 0. The van der Waals surface area contributed by atoms with E-state index < -0.39 is 5.91 Å². The Morgan fingerprint density at radius 3 is 2.42 bits per heavy atom. The van der Waals surface area contributed by atoms with E-state index in [2.05, 4.69) is 5.32 Å². The van der Waals surface area contributed by atoms with Crippen molar-refractivity contribution in [3.8, 4) is 5.75 Å². The van der Waals surface area contributed by atoms with Crippen molar-refractivity contribution < 1.29 is 9.90 Å². The third-order valence-corrected chi connectivity index (χ3v) is 2.94. The number of nitrogen functional groups attached to an aromatic ring is 1. The Hall–Kier alpha value is -1.91. The van der Waals surface area contributed by atoms with Gasteiger partial charge >= 0.3 is 0 Å². The minimum atomic E-state index is -0.506. The highest BCUT2D eigenvalue weighted by molar-refractivity contribution is 6.31. The van der Waals surface area contributed by atoms with Crippen LogP contribution in [0.4, 0.5) is 11.4 Å². The molecule has 0 aromatic heterocycles. The molecule has 0 unspecified atom stereocenters. The van der Waals surface area contributed by atoms with Gasteiger partial charge in [-0.25, -0.2) is 0 Å². The molecule has 4 N–H and O–H groups in total. The third kappa shape index (κ3) is 3.10. The zero-order valence-corrected chi connectivity index (χ0v) is 11.2. The first-order chi connectivity index (χ1) is 8.97. The van der Waals surface area contributed by atoms with Gasteiger partial charge in [-0.2, -0.15) is 0 Å². The lowest BCUT2D eigenvalue weighted by Gasteiger charge is -2.09. The van der Waals surface area contributed by atoms with Gasteiger partial charge in [0.15, 0.2) is 0 Å². The Morgan fingerprint density at radius 1 is 1.11 bits per heavy atom. The van der Waals surface area contributed by atoms with Gasteiger partial charge < -0.3 is 16.2 Å². The zero-order valence-electron chi connectivity index (χ0n) is 9.65. The first-order valence-electron chi connectivity index (χ1n) is 5.32. The Morgan fingerprint density at radius 2 is 1.74 bits per heavy atom. The molecule has 1 amide bonds. The average molecular weight is 297 g/mol. The van der Waals surface area contributed by atoms with Crippen molar-refractivity contribution in [1.82, 2.24) is 0 Å². The summed E-state index contributed by atoms with van der Waals surface area (Å²) in [7, 11) is 0. The highest BCUT2D eigenvalue weighted by Crippen LogP contribution is 2.26. The zero-order chi connectivity index (χ0) is 14.0. The van der Waals surface area contributed by atoms with Crippen LogP contribution in [-0.4, -0.2) is 11.0 Å². The number of phenolic OH excluding ortho intramolecular Hbond substituents is 1. The topological polar surface area (TPSA) is 75.3 Å². The van der Waals surface area contributed by atoms with E-state index in [9.17, 15) is 9.90 Å². The summed E-state index contributed by atoms with van der Waals surface area (Å²) in [5.41, 5.74) is 6.55. The van der Waals surface area contributed by atoms with E-state index in [0.29, 0.717) is 21.4 Å². The summed E-state index contributed by atoms with van der Waals surface area (Å²) in [5.74, 6) is -0.663. The molecule has 2 aromatic rings. The molecule has 0 saturated carbocycles. The normalized spacial score (nSPS) is 10.2. The molecule has 0 bridgehead atoms. The number of carbonyl (C=O) groups is 1. The molecule has 0 fully saturated rings. The van der Waals surface area contributed by atoms with Crippen molar-refractivity contribution in [3.05, 3.63) is 52.0 Å². The van der Waals surface area contributed by atoms with Crippen molar-refractivity contribution in [3.63, 3.8) is 0 Å². The molecule has 0 atom stereocenters. The number of aromatic hydroxyl groups is 1. The van der Waals surface area contributed by atoms with Crippen LogP contribution in [0.25, 0.3) is 0 Å². The standard InChI is InChI=1S/C13H10Cl2N2O2/c14-7-2-4-12(18)9(5-7)13(19)17-11-3-1-8(15)6-10(11)16/h1-6,18H,16H2,(H,17,19). The Bertz CT molecular complexity index is 645. The summed E-state index contributed by atoms with van der Waals surface area (Å²) in [4.78, 5) is 12.0. The lowest BCUT2D eigenvalue weighted by atomic mass is 10.1. The summed E-state index contributed by atoms with van der Waals surface area (Å²) in [5, 5.41) is 13.0. The largest absolute Gasteiger partial charge is 0.507 e. The van der Waals surface area contributed by atoms with Crippen LogP contribution in [0.15, 0.2) is 36.4 Å². The molecule has 0 aliphatic carbocycles. The predicted molar refractivity (Wildman–Crippen MR) is 76.9 cm³/mol. The fourth-order valence-electron chi connectivity index (χ4n) is 1.53. The molecule has 2 rings (SSSR count). The lowest BCUT2D eigenvalue weighted by molar-refractivity contribution is 0.102. The molecule has 6 heteroatoms. The summed E-state index contributed by atoms with van der Waals surface area (Å²) >= 11 is 11.5. The minimum Gasteiger partial charge on any atom is -0.507 e. The van der Waals surface area contributed by atoms with Crippen LogP contribution in [0.3, 0.4) is 0 Å². The minimum absolute atomic E-state index is 0.0712. The third-order valence-electron chi connectivity index (χ3n) is 2.47. The van der Waals surface area contributed by atoms with Gasteiger partial charge in [-0.05, 0) is 36.4 Å². The van der Waals surface area contributed by atoms with Gasteiger partial charge in [0, 0.05) is 10.0 Å². The van der Waals surface area contributed by atoms with E-state index >= 15 is 0 Å². The quantitative estimate of drug-likeness (QED) is 0.742.